The second-order valence-electron chi connectivity index (χ2n) is 6.49. The highest BCUT2D eigenvalue weighted by molar-refractivity contribution is 14.1. The topological polar surface area (TPSA) is 66.5 Å². The first-order valence-electron chi connectivity index (χ1n) is 8.89. The van der Waals surface area contributed by atoms with E-state index in [1.807, 2.05) is 23.9 Å². The molecule has 1 N–H and O–H groups in total. The second kappa shape index (κ2) is 11.1. The zero-order valence-electron chi connectivity index (χ0n) is 16.0. The standard InChI is InChI=1S/C20H25IN2O3S2/c1-16-4-6-17(7-5-16)15-27-13-3-12-22-20(24)14-23(28(2,25)26)19-10-8-18(21)9-11-19/h4-11H,3,12-15H2,1-2H3,(H,22,24). The van der Waals surface area contributed by atoms with Gasteiger partial charge >= 0.3 is 0 Å². The van der Waals surface area contributed by atoms with Gasteiger partial charge in [-0.25, -0.2) is 8.42 Å². The van der Waals surface area contributed by atoms with Crippen LogP contribution in [0.5, 0.6) is 0 Å². The van der Waals surface area contributed by atoms with Gasteiger partial charge in [0.15, 0.2) is 0 Å². The molecule has 0 saturated carbocycles. The van der Waals surface area contributed by atoms with Crippen LogP contribution in [0.1, 0.15) is 17.5 Å². The first-order chi connectivity index (χ1) is 13.3. The van der Waals surface area contributed by atoms with Crippen LogP contribution in [0.4, 0.5) is 5.69 Å². The molecule has 2 aromatic carbocycles. The van der Waals surface area contributed by atoms with Crippen LogP contribution in [0, 0.1) is 10.5 Å². The number of hydrogen-bond acceptors (Lipinski definition) is 4. The van der Waals surface area contributed by atoms with E-state index in [0.717, 1.165) is 32.1 Å². The minimum Gasteiger partial charge on any atom is -0.354 e. The average molecular weight is 532 g/mol. The van der Waals surface area contributed by atoms with Crippen LogP contribution in [-0.4, -0.2) is 39.4 Å². The van der Waals surface area contributed by atoms with E-state index in [-0.39, 0.29) is 12.5 Å². The molecule has 1 amide bonds. The van der Waals surface area contributed by atoms with Gasteiger partial charge < -0.3 is 5.32 Å². The minimum absolute atomic E-state index is 0.212. The number of nitrogens with zero attached hydrogens (tertiary/aromatic N) is 1. The largest absolute Gasteiger partial charge is 0.354 e. The molecular weight excluding hydrogens is 507 g/mol. The van der Waals surface area contributed by atoms with Crippen molar-refractivity contribution in [3.8, 4) is 0 Å². The van der Waals surface area contributed by atoms with Crippen molar-refractivity contribution in [1.29, 1.82) is 0 Å². The van der Waals surface area contributed by atoms with Gasteiger partial charge in [0.1, 0.15) is 6.54 Å². The first-order valence-corrected chi connectivity index (χ1v) is 13.0. The Morgan fingerprint density at radius 1 is 1.11 bits per heavy atom. The maximum Gasteiger partial charge on any atom is 0.240 e. The molecule has 0 fully saturated rings. The molecule has 0 aliphatic rings. The van der Waals surface area contributed by atoms with Crippen molar-refractivity contribution in [2.75, 3.05) is 29.4 Å². The maximum absolute atomic E-state index is 12.2. The van der Waals surface area contributed by atoms with Gasteiger partial charge in [0, 0.05) is 15.9 Å². The molecule has 28 heavy (non-hydrogen) atoms. The van der Waals surface area contributed by atoms with Gasteiger partial charge in [0.05, 0.1) is 11.9 Å². The number of rotatable bonds is 10. The van der Waals surface area contributed by atoms with E-state index in [1.54, 1.807) is 12.1 Å². The van der Waals surface area contributed by atoms with Crippen LogP contribution in [-0.2, 0) is 20.6 Å². The number of benzene rings is 2. The monoisotopic (exact) mass is 532 g/mol. The number of thioether (sulfide) groups is 1. The van der Waals surface area contributed by atoms with Gasteiger partial charge in [-0.3, -0.25) is 9.10 Å². The van der Waals surface area contributed by atoms with Crippen molar-refractivity contribution in [1.82, 2.24) is 5.32 Å². The van der Waals surface area contributed by atoms with Crippen LogP contribution in [0.3, 0.4) is 0 Å². The third-order valence-corrected chi connectivity index (χ3v) is 6.95. The van der Waals surface area contributed by atoms with Crippen molar-refractivity contribution in [3.05, 3.63) is 63.2 Å². The highest BCUT2D eigenvalue weighted by atomic mass is 127. The molecule has 0 aliphatic heterocycles. The number of sulfonamides is 1. The first kappa shape index (κ1) is 23.0. The summed E-state index contributed by atoms with van der Waals surface area (Å²) < 4.78 is 26.3. The Kier molecular flexibility index (Phi) is 9.10. The summed E-state index contributed by atoms with van der Waals surface area (Å²) in [5, 5.41) is 2.81. The minimum atomic E-state index is -3.53. The predicted octanol–water partition coefficient (Wildman–Crippen LogP) is 3.81. The zero-order valence-corrected chi connectivity index (χ0v) is 19.8. The fourth-order valence-electron chi connectivity index (χ4n) is 2.47. The van der Waals surface area contributed by atoms with Crippen molar-refractivity contribution >= 4 is 56.0 Å². The summed E-state index contributed by atoms with van der Waals surface area (Å²) >= 11 is 3.97. The number of carbonyl (C=O) groups is 1. The van der Waals surface area contributed by atoms with Gasteiger partial charge in [-0.2, -0.15) is 11.8 Å². The number of nitrogens with one attached hydrogen (secondary N) is 1. The van der Waals surface area contributed by atoms with Crippen molar-refractivity contribution < 1.29 is 13.2 Å². The van der Waals surface area contributed by atoms with Gasteiger partial charge in [0.2, 0.25) is 15.9 Å². The molecule has 0 bridgehead atoms. The van der Waals surface area contributed by atoms with E-state index in [9.17, 15) is 13.2 Å². The molecule has 0 spiro atoms. The van der Waals surface area contributed by atoms with E-state index in [1.165, 1.54) is 11.1 Å². The van der Waals surface area contributed by atoms with E-state index in [0.29, 0.717) is 12.2 Å². The molecule has 0 heterocycles. The summed E-state index contributed by atoms with van der Waals surface area (Å²) in [4.78, 5) is 12.2. The summed E-state index contributed by atoms with van der Waals surface area (Å²) in [6.45, 7) is 2.39. The number of hydrogen-bond donors (Lipinski definition) is 1. The molecule has 0 radical (unpaired) electrons. The van der Waals surface area contributed by atoms with E-state index in [4.69, 9.17) is 0 Å². The lowest BCUT2D eigenvalue weighted by Gasteiger charge is -2.22. The highest BCUT2D eigenvalue weighted by Gasteiger charge is 2.20. The quantitative estimate of drug-likeness (QED) is 0.374. The lowest BCUT2D eigenvalue weighted by molar-refractivity contribution is -0.119. The Morgan fingerprint density at radius 2 is 1.75 bits per heavy atom. The number of halogens is 1. The van der Waals surface area contributed by atoms with Crippen LogP contribution < -0.4 is 9.62 Å². The molecular formula is C20H25IN2O3S2. The number of aryl methyl sites for hydroxylation is 1. The lowest BCUT2D eigenvalue weighted by Crippen LogP contribution is -2.40. The van der Waals surface area contributed by atoms with Crippen LogP contribution >= 0.6 is 34.4 Å². The van der Waals surface area contributed by atoms with Crippen LogP contribution in [0.15, 0.2) is 48.5 Å². The lowest BCUT2D eigenvalue weighted by atomic mass is 10.2. The van der Waals surface area contributed by atoms with E-state index in [2.05, 4.69) is 59.1 Å². The van der Waals surface area contributed by atoms with Crippen LogP contribution in [0.2, 0.25) is 0 Å². The fraction of sp³-hybridized carbons (Fsp3) is 0.350. The fourth-order valence-corrected chi connectivity index (χ4v) is 4.61. The molecule has 0 unspecified atom stereocenters. The molecule has 2 aromatic rings. The van der Waals surface area contributed by atoms with Gasteiger partial charge in [-0.15, -0.1) is 0 Å². The SMILES string of the molecule is Cc1ccc(CSCCCNC(=O)CN(c2ccc(I)cc2)S(C)(=O)=O)cc1. The van der Waals surface area contributed by atoms with Gasteiger partial charge in [-0.1, -0.05) is 29.8 Å². The second-order valence-corrected chi connectivity index (χ2v) is 10.7. The third kappa shape index (κ3) is 8.00. The normalized spacial score (nSPS) is 11.2. The summed E-state index contributed by atoms with van der Waals surface area (Å²) in [6.07, 6.45) is 1.95. The van der Waals surface area contributed by atoms with E-state index >= 15 is 0 Å². The molecule has 0 aliphatic carbocycles. The smallest absolute Gasteiger partial charge is 0.240 e. The Hall–Kier alpha value is -1.26. The molecule has 5 nitrogen and oxygen atoms in total. The molecule has 152 valence electrons. The van der Waals surface area contributed by atoms with Crippen molar-refractivity contribution in [2.24, 2.45) is 0 Å². The van der Waals surface area contributed by atoms with Crippen LogP contribution in [0.25, 0.3) is 0 Å². The zero-order chi connectivity index (χ0) is 20.6. The molecule has 8 heteroatoms. The van der Waals surface area contributed by atoms with Gasteiger partial charge in [0.25, 0.3) is 0 Å². The Balaban J connectivity index is 1.74. The predicted molar refractivity (Wildman–Crippen MR) is 126 cm³/mol. The molecule has 0 atom stereocenters. The maximum atomic E-state index is 12.2. The summed E-state index contributed by atoms with van der Waals surface area (Å²) in [5.41, 5.74) is 3.04. The summed E-state index contributed by atoms with van der Waals surface area (Å²) in [6, 6.07) is 15.5. The highest BCUT2D eigenvalue weighted by Crippen LogP contribution is 2.19. The van der Waals surface area contributed by atoms with E-state index < -0.39 is 10.0 Å². The Labute approximate surface area is 185 Å². The summed E-state index contributed by atoms with van der Waals surface area (Å²) in [7, 11) is -3.53. The molecule has 0 saturated heterocycles. The Morgan fingerprint density at radius 3 is 2.36 bits per heavy atom. The van der Waals surface area contributed by atoms with Gasteiger partial charge in [-0.05, 0) is 71.5 Å². The molecule has 2 rings (SSSR count). The summed E-state index contributed by atoms with van der Waals surface area (Å²) in [5.74, 6) is 1.58. The Bertz CT molecular complexity index is 869. The number of anilines is 1. The van der Waals surface area contributed by atoms with Crippen molar-refractivity contribution in [2.45, 2.75) is 19.1 Å². The number of amides is 1. The average Bonchev–Trinajstić information content (AvgIpc) is 2.64. The molecule has 0 aromatic heterocycles. The van der Waals surface area contributed by atoms with Crippen molar-refractivity contribution in [3.63, 3.8) is 0 Å². The number of carbonyl (C=O) groups excluding carboxylic acids is 1. The third-order valence-electron chi connectivity index (χ3n) is 3.98.